The van der Waals surface area contributed by atoms with Gasteiger partial charge in [0.1, 0.15) is 6.61 Å². The fraction of sp³-hybridized carbons (Fsp3) is 0.200. The zero-order valence-electron chi connectivity index (χ0n) is 11.9. The minimum Gasteiger partial charge on any atom is -0.482 e. The van der Waals surface area contributed by atoms with E-state index in [1.54, 1.807) is 0 Å². The van der Waals surface area contributed by atoms with Gasteiger partial charge in [-0.15, -0.1) is 0 Å². The normalized spacial score (nSPS) is 11.1. The first-order valence-electron chi connectivity index (χ1n) is 6.47. The van der Waals surface area contributed by atoms with Crippen molar-refractivity contribution in [2.75, 3.05) is 6.26 Å². The fourth-order valence-corrected chi connectivity index (χ4v) is 2.74. The SMILES string of the molecule is CS(=O)(=O)Cc1ccc(OCc2ccccc2)c([N+](=O)[O-])c1. The molecule has 0 radical (unpaired) electrons. The average molecular weight is 321 g/mol. The maximum Gasteiger partial charge on any atom is 0.311 e. The monoisotopic (exact) mass is 321 g/mol. The van der Waals surface area contributed by atoms with Gasteiger partial charge >= 0.3 is 5.69 Å². The van der Waals surface area contributed by atoms with Crippen molar-refractivity contribution in [1.82, 2.24) is 0 Å². The van der Waals surface area contributed by atoms with Crippen LogP contribution in [0.5, 0.6) is 5.75 Å². The number of rotatable bonds is 6. The van der Waals surface area contributed by atoms with Gasteiger partial charge in [0.2, 0.25) is 0 Å². The van der Waals surface area contributed by atoms with Crippen LogP contribution in [-0.2, 0) is 22.2 Å². The molecule has 2 rings (SSSR count). The fourth-order valence-electron chi connectivity index (χ4n) is 1.96. The quantitative estimate of drug-likeness (QED) is 0.603. The molecule has 7 heteroatoms. The van der Waals surface area contributed by atoms with Crippen molar-refractivity contribution in [2.45, 2.75) is 12.4 Å². The third kappa shape index (κ3) is 4.56. The van der Waals surface area contributed by atoms with E-state index in [-0.39, 0.29) is 23.8 Å². The van der Waals surface area contributed by atoms with E-state index in [9.17, 15) is 18.5 Å². The first kappa shape index (κ1) is 16.0. The highest BCUT2D eigenvalue weighted by atomic mass is 32.2. The lowest BCUT2D eigenvalue weighted by atomic mass is 10.2. The van der Waals surface area contributed by atoms with E-state index < -0.39 is 14.8 Å². The molecule has 0 spiro atoms. The summed E-state index contributed by atoms with van der Waals surface area (Å²) >= 11 is 0. The van der Waals surface area contributed by atoms with Gasteiger partial charge in [-0.05, 0) is 17.2 Å². The number of ether oxygens (including phenoxy) is 1. The average Bonchev–Trinajstić information content (AvgIpc) is 2.45. The van der Waals surface area contributed by atoms with E-state index in [0.29, 0.717) is 5.56 Å². The molecule has 0 saturated carbocycles. The molecule has 0 unspecified atom stereocenters. The van der Waals surface area contributed by atoms with Gasteiger partial charge in [-0.1, -0.05) is 36.4 Å². The maximum absolute atomic E-state index is 11.3. The topological polar surface area (TPSA) is 86.5 Å². The molecule has 0 aliphatic heterocycles. The van der Waals surface area contributed by atoms with Crippen molar-refractivity contribution < 1.29 is 18.1 Å². The summed E-state index contributed by atoms with van der Waals surface area (Å²) in [5, 5.41) is 11.1. The first-order valence-corrected chi connectivity index (χ1v) is 8.53. The van der Waals surface area contributed by atoms with Crippen molar-refractivity contribution in [3.63, 3.8) is 0 Å². The molecule has 0 aliphatic rings. The molecule has 2 aromatic rings. The summed E-state index contributed by atoms with van der Waals surface area (Å²) in [7, 11) is -3.25. The molecule has 0 atom stereocenters. The Morgan fingerprint density at radius 1 is 1.09 bits per heavy atom. The Morgan fingerprint density at radius 3 is 2.36 bits per heavy atom. The Hall–Kier alpha value is -2.41. The minimum atomic E-state index is -3.25. The first-order chi connectivity index (χ1) is 10.3. The van der Waals surface area contributed by atoms with E-state index in [0.717, 1.165) is 11.8 Å². The van der Waals surface area contributed by atoms with Gasteiger partial charge in [-0.2, -0.15) is 0 Å². The van der Waals surface area contributed by atoms with Gasteiger partial charge in [0.25, 0.3) is 0 Å². The summed E-state index contributed by atoms with van der Waals surface area (Å²) in [5.74, 6) is -0.126. The summed E-state index contributed by atoms with van der Waals surface area (Å²) in [4.78, 5) is 10.5. The number of hydrogen-bond donors (Lipinski definition) is 0. The van der Waals surface area contributed by atoms with Crippen molar-refractivity contribution in [1.29, 1.82) is 0 Å². The second-order valence-electron chi connectivity index (χ2n) is 4.90. The highest BCUT2D eigenvalue weighted by Gasteiger charge is 2.17. The second kappa shape index (κ2) is 6.57. The summed E-state index contributed by atoms with van der Waals surface area (Å²) in [6.45, 7) is 0.201. The minimum absolute atomic E-state index is 0.117. The van der Waals surface area contributed by atoms with Gasteiger partial charge in [-0.25, -0.2) is 8.42 Å². The van der Waals surface area contributed by atoms with Crippen LogP contribution in [0.25, 0.3) is 0 Å². The molecule has 0 aliphatic carbocycles. The van der Waals surface area contributed by atoms with Gasteiger partial charge in [0.15, 0.2) is 15.6 Å². The van der Waals surface area contributed by atoms with E-state index in [1.807, 2.05) is 30.3 Å². The summed E-state index contributed by atoms with van der Waals surface area (Å²) in [5.41, 5.74) is 1.01. The van der Waals surface area contributed by atoms with E-state index in [4.69, 9.17) is 4.74 Å². The zero-order valence-corrected chi connectivity index (χ0v) is 12.7. The van der Waals surface area contributed by atoms with Crippen LogP contribution in [0.1, 0.15) is 11.1 Å². The molecular weight excluding hydrogens is 306 g/mol. The van der Waals surface area contributed by atoms with Crippen LogP contribution in [0.3, 0.4) is 0 Å². The molecule has 0 fully saturated rings. The Kier molecular flexibility index (Phi) is 4.77. The Bertz CT molecular complexity index is 772. The Balaban J connectivity index is 2.22. The number of nitro groups is 1. The lowest BCUT2D eigenvalue weighted by molar-refractivity contribution is -0.386. The van der Waals surface area contributed by atoms with Gasteiger partial charge in [0.05, 0.1) is 10.7 Å². The van der Waals surface area contributed by atoms with Crippen LogP contribution in [0.4, 0.5) is 5.69 Å². The molecule has 22 heavy (non-hydrogen) atoms. The summed E-state index contributed by atoms with van der Waals surface area (Å²) in [6, 6.07) is 13.5. The molecule has 0 saturated heterocycles. The lowest BCUT2D eigenvalue weighted by Crippen LogP contribution is -2.03. The molecule has 0 amide bonds. The van der Waals surface area contributed by atoms with Crippen LogP contribution in [0.15, 0.2) is 48.5 Å². The van der Waals surface area contributed by atoms with Crippen molar-refractivity contribution >= 4 is 15.5 Å². The number of benzene rings is 2. The van der Waals surface area contributed by atoms with Crippen LogP contribution in [0, 0.1) is 10.1 Å². The summed E-state index contributed by atoms with van der Waals surface area (Å²) in [6.07, 6.45) is 1.08. The second-order valence-corrected chi connectivity index (χ2v) is 7.04. The van der Waals surface area contributed by atoms with E-state index in [1.165, 1.54) is 18.2 Å². The van der Waals surface area contributed by atoms with Gasteiger partial charge in [-0.3, -0.25) is 10.1 Å². The molecule has 116 valence electrons. The molecule has 6 nitrogen and oxygen atoms in total. The predicted octanol–water partition coefficient (Wildman–Crippen LogP) is 2.72. The van der Waals surface area contributed by atoms with Crippen molar-refractivity contribution in [2.24, 2.45) is 0 Å². The Labute approximate surface area is 128 Å². The van der Waals surface area contributed by atoms with Gasteiger partial charge in [0, 0.05) is 12.3 Å². The largest absolute Gasteiger partial charge is 0.482 e. The molecule has 0 N–H and O–H groups in total. The van der Waals surface area contributed by atoms with Crippen LogP contribution in [0.2, 0.25) is 0 Å². The van der Waals surface area contributed by atoms with E-state index in [2.05, 4.69) is 0 Å². The molecular formula is C15H15NO5S. The smallest absolute Gasteiger partial charge is 0.311 e. The van der Waals surface area contributed by atoms with E-state index >= 15 is 0 Å². The standard InChI is InChI=1S/C15H15NO5S/c1-22(19,20)11-13-7-8-15(14(9-13)16(17)18)21-10-12-5-3-2-4-6-12/h2-9H,10-11H2,1H3. The highest BCUT2D eigenvalue weighted by molar-refractivity contribution is 7.89. The third-order valence-corrected chi connectivity index (χ3v) is 3.74. The molecule has 0 bridgehead atoms. The maximum atomic E-state index is 11.3. The van der Waals surface area contributed by atoms with Crippen LogP contribution in [-0.4, -0.2) is 19.6 Å². The van der Waals surface area contributed by atoms with Crippen LogP contribution < -0.4 is 4.74 Å². The predicted molar refractivity (Wildman–Crippen MR) is 82.4 cm³/mol. The molecule has 0 heterocycles. The number of nitrogens with zero attached hydrogens (tertiary/aromatic N) is 1. The number of hydrogen-bond acceptors (Lipinski definition) is 5. The van der Waals surface area contributed by atoms with Crippen molar-refractivity contribution in [3.8, 4) is 5.75 Å². The number of sulfone groups is 1. The highest BCUT2D eigenvalue weighted by Crippen LogP contribution is 2.29. The molecule has 2 aromatic carbocycles. The van der Waals surface area contributed by atoms with Crippen molar-refractivity contribution in [3.05, 3.63) is 69.8 Å². The van der Waals surface area contributed by atoms with Gasteiger partial charge < -0.3 is 4.74 Å². The van der Waals surface area contributed by atoms with Crippen LogP contribution >= 0.6 is 0 Å². The lowest BCUT2D eigenvalue weighted by Gasteiger charge is -2.08. The number of nitro benzene ring substituents is 1. The molecule has 0 aromatic heterocycles. The third-order valence-electron chi connectivity index (χ3n) is 2.89. The zero-order chi connectivity index (χ0) is 16.2. The summed E-state index contributed by atoms with van der Waals surface area (Å²) < 4.78 is 28.0. The Morgan fingerprint density at radius 2 is 1.77 bits per heavy atom.